The molecular weight excluding hydrogens is 497 g/mol. The molecular formula is C29H30BN3O4S. The molecule has 2 aromatic carbocycles. The average molecular weight is 527 g/mol. The van der Waals surface area contributed by atoms with E-state index in [9.17, 15) is 9.59 Å². The summed E-state index contributed by atoms with van der Waals surface area (Å²) in [4.78, 5) is 26.2. The Morgan fingerprint density at radius 3 is 2.58 bits per heavy atom. The number of thiophene rings is 1. The number of fused-ring (bicyclic) bond motifs is 3. The Balaban J connectivity index is 1.02. The van der Waals surface area contributed by atoms with Crippen LogP contribution in [0.3, 0.4) is 0 Å². The van der Waals surface area contributed by atoms with Crippen molar-refractivity contribution >= 4 is 46.7 Å². The van der Waals surface area contributed by atoms with Gasteiger partial charge in [0.2, 0.25) is 0 Å². The Hall–Kier alpha value is -3.56. The number of carbonyl (C=O) groups excluding carboxylic acids is 2. The molecule has 0 saturated carbocycles. The van der Waals surface area contributed by atoms with Crippen LogP contribution in [-0.2, 0) is 18.4 Å². The van der Waals surface area contributed by atoms with E-state index in [0.717, 1.165) is 64.8 Å². The number of aromatic nitrogens is 1. The summed E-state index contributed by atoms with van der Waals surface area (Å²) >= 11 is 1.63. The van der Waals surface area contributed by atoms with Gasteiger partial charge in [0.15, 0.2) is 0 Å². The Bertz CT molecular complexity index is 1440. The van der Waals surface area contributed by atoms with Gasteiger partial charge in [0.25, 0.3) is 13.3 Å². The second kappa shape index (κ2) is 10.7. The predicted molar refractivity (Wildman–Crippen MR) is 152 cm³/mol. The van der Waals surface area contributed by atoms with Gasteiger partial charge in [0.05, 0.1) is 16.4 Å². The maximum absolute atomic E-state index is 12.9. The van der Waals surface area contributed by atoms with Crippen LogP contribution in [-0.4, -0.2) is 47.1 Å². The molecule has 0 spiro atoms. The highest BCUT2D eigenvalue weighted by atomic mass is 32.1. The summed E-state index contributed by atoms with van der Waals surface area (Å²) in [5.74, 6) is 1.47. The summed E-state index contributed by atoms with van der Waals surface area (Å²) in [5.41, 5.74) is 3.40. The zero-order valence-corrected chi connectivity index (χ0v) is 22.2. The maximum atomic E-state index is 12.9. The topological polar surface area (TPSA) is 72.8 Å². The highest BCUT2D eigenvalue weighted by Crippen LogP contribution is 2.36. The van der Waals surface area contributed by atoms with Gasteiger partial charge >= 0.3 is 0 Å². The van der Waals surface area contributed by atoms with E-state index in [1.54, 1.807) is 11.3 Å². The lowest BCUT2D eigenvalue weighted by Gasteiger charge is -2.37. The summed E-state index contributed by atoms with van der Waals surface area (Å²) in [6.45, 7) is 0.391. The van der Waals surface area contributed by atoms with Gasteiger partial charge < -0.3 is 29.0 Å². The van der Waals surface area contributed by atoms with Crippen LogP contribution in [0.5, 0.6) is 11.5 Å². The fourth-order valence-electron chi connectivity index (χ4n) is 5.88. The van der Waals surface area contributed by atoms with Crippen LogP contribution >= 0.6 is 11.3 Å². The molecule has 0 radical (unpaired) electrons. The van der Waals surface area contributed by atoms with Crippen LogP contribution in [0.25, 0.3) is 10.2 Å². The van der Waals surface area contributed by atoms with Crippen molar-refractivity contribution in [1.82, 2.24) is 9.38 Å². The van der Waals surface area contributed by atoms with Crippen LogP contribution in [0.15, 0.2) is 66.0 Å². The number of piperidine rings is 1. The predicted octanol–water partition coefficient (Wildman–Crippen LogP) is 4.99. The molecule has 1 N–H and O–H groups in total. The van der Waals surface area contributed by atoms with Crippen molar-refractivity contribution in [2.45, 2.75) is 50.5 Å². The van der Waals surface area contributed by atoms with Crippen LogP contribution in [0, 0.1) is 0 Å². The fourth-order valence-corrected chi connectivity index (χ4v) is 6.73. The number of benzene rings is 2. The lowest BCUT2D eigenvalue weighted by molar-refractivity contribution is 0.0957. The van der Waals surface area contributed by atoms with Gasteiger partial charge in [0, 0.05) is 24.8 Å². The molecule has 194 valence electrons. The highest BCUT2D eigenvalue weighted by molar-refractivity contribution is 7.17. The smallest absolute Gasteiger partial charge is 0.281 e. The normalized spacial score (nSPS) is 20.8. The summed E-state index contributed by atoms with van der Waals surface area (Å²) in [6.07, 6.45) is 5.45. The molecule has 2 aromatic heterocycles. The third-order valence-corrected chi connectivity index (χ3v) is 8.59. The van der Waals surface area contributed by atoms with E-state index in [-0.39, 0.29) is 12.0 Å². The van der Waals surface area contributed by atoms with Crippen molar-refractivity contribution in [1.29, 1.82) is 0 Å². The van der Waals surface area contributed by atoms with E-state index >= 15 is 0 Å². The minimum Gasteiger partial charge on any atom is -0.490 e. The van der Waals surface area contributed by atoms with E-state index in [2.05, 4.69) is 10.1 Å². The van der Waals surface area contributed by atoms with E-state index in [0.29, 0.717) is 31.8 Å². The summed E-state index contributed by atoms with van der Waals surface area (Å²) in [5, 5.41) is 5.04. The molecule has 1 amide bonds. The molecule has 2 fully saturated rings. The van der Waals surface area contributed by atoms with E-state index in [1.165, 1.54) is 0 Å². The van der Waals surface area contributed by atoms with Gasteiger partial charge in [0.1, 0.15) is 29.9 Å². The van der Waals surface area contributed by atoms with Crippen LogP contribution in [0.2, 0.25) is 0 Å². The standard InChI is InChI=1S/C29H30BN3O4S/c1-32-26-11-12-38-28(26)16-27(32)29(35)31-20-4-2-3-19(13-20)17-36-23-7-9-24(10-8-23)37-25-14-21-5-6-22(15-25)33(21)30-18-34/h2-4,7-13,16,18,21-22,25,30H,5-6,14-15,17H2,1H3,(H,31,35)/t21-,22+,25-. The number of hydrogen-bond acceptors (Lipinski definition) is 6. The molecule has 0 unspecified atom stereocenters. The SMILES string of the molecule is Cn1c(C(=O)Nc2cccc(COc3ccc(O[C@@H]4C[C@H]5CC[C@@H](C4)N5BC=O)cc3)c2)cc2sccc21. The zero-order valence-electron chi connectivity index (χ0n) is 21.3. The molecule has 4 heterocycles. The van der Waals surface area contributed by atoms with Gasteiger partial charge in [-0.3, -0.25) is 4.79 Å². The average Bonchev–Trinajstić information content (AvgIpc) is 3.57. The maximum Gasteiger partial charge on any atom is 0.281 e. The number of amides is 1. The summed E-state index contributed by atoms with van der Waals surface area (Å²) in [6, 6.07) is 20.4. The molecule has 2 bridgehead atoms. The Labute approximate surface area is 226 Å². The van der Waals surface area contributed by atoms with Gasteiger partial charge in [-0.25, -0.2) is 0 Å². The van der Waals surface area contributed by atoms with Gasteiger partial charge in [-0.2, -0.15) is 0 Å². The van der Waals surface area contributed by atoms with Crippen LogP contribution in [0.4, 0.5) is 5.69 Å². The fraction of sp³-hybridized carbons (Fsp3) is 0.310. The van der Waals surface area contributed by atoms with Crippen molar-refractivity contribution in [2.24, 2.45) is 7.05 Å². The van der Waals surface area contributed by atoms with Crippen molar-refractivity contribution in [3.63, 3.8) is 0 Å². The third-order valence-electron chi connectivity index (χ3n) is 7.74. The first kappa shape index (κ1) is 24.8. The van der Waals surface area contributed by atoms with E-state index in [4.69, 9.17) is 9.47 Å². The Kier molecular flexibility index (Phi) is 6.95. The lowest BCUT2D eigenvalue weighted by Crippen LogP contribution is -2.48. The number of hydrogen-bond donors (Lipinski definition) is 1. The number of carbonyl (C=O) groups is 2. The second-order valence-electron chi connectivity index (χ2n) is 10.1. The molecule has 7 nitrogen and oxygen atoms in total. The molecule has 2 aliphatic rings. The Morgan fingerprint density at radius 2 is 1.84 bits per heavy atom. The molecule has 2 aliphatic heterocycles. The van der Waals surface area contributed by atoms with Crippen molar-refractivity contribution < 1.29 is 19.1 Å². The molecule has 3 atom stereocenters. The second-order valence-corrected chi connectivity index (χ2v) is 11.1. The molecule has 4 aromatic rings. The van der Waals surface area contributed by atoms with Gasteiger partial charge in [-0.15, -0.1) is 11.3 Å². The first-order valence-electron chi connectivity index (χ1n) is 13.1. The first-order valence-corrected chi connectivity index (χ1v) is 14.0. The first-order chi connectivity index (χ1) is 18.6. The lowest BCUT2D eigenvalue weighted by atomic mass is 9.85. The molecule has 38 heavy (non-hydrogen) atoms. The van der Waals surface area contributed by atoms with Gasteiger partial charge in [-0.1, -0.05) is 12.1 Å². The van der Waals surface area contributed by atoms with E-state index < -0.39 is 0 Å². The number of nitrogens with zero attached hydrogens (tertiary/aromatic N) is 2. The minimum absolute atomic E-state index is 0.132. The number of ether oxygens (including phenoxy) is 2. The van der Waals surface area contributed by atoms with Crippen LogP contribution < -0.4 is 14.8 Å². The zero-order chi connectivity index (χ0) is 26.1. The van der Waals surface area contributed by atoms with Crippen LogP contribution in [0.1, 0.15) is 41.7 Å². The molecule has 2 saturated heterocycles. The molecule has 9 heteroatoms. The third kappa shape index (κ3) is 5.08. The monoisotopic (exact) mass is 527 g/mol. The quantitative estimate of drug-likeness (QED) is 0.245. The largest absolute Gasteiger partial charge is 0.490 e. The van der Waals surface area contributed by atoms with Gasteiger partial charge in [-0.05, 0) is 85.2 Å². The number of nitrogens with one attached hydrogen (secondary N) is 1. The number of anilines is 1. The molecule has 6 rings (SSSR count). The molecule has 0 aliphatic carbocycles. The van der Waals surface area contributed by atoms with Crippen molar-refractivity contribution in [3.8, 4) is 11.5 Å². The van der Waals surface area contributed by atoms with E-state index in [1.807, 2.05) is 77.7 Å². The highest BCUT2D eigenvalue weighted by Gasteiger charge is 2.41. The Morgan fingerprint density at radius 1 is 1.08 bits per heavy atom. The summed E-state index contributed by atoms with van der Waals surface area (Å²) in [7, 11) is 2.45. The van der Waals surface area contributed by atoms with Crippen molar-refractivity contribution in [2.75, 3.05) is 5.32 Å². The number of rotatable bonds is 9. The number of aryl methyl sites for hydroxylation is 1. The summed E-state index contributed by atoms with van der Waals surface area (Å²) < 4.78 is 15.3. The minimum atomic E-state index is -0.132. The van der Waals surface area contributed by atoms with Crippen molar-refractivity contribution in [3.05, 3.63) is 77.3 Å².